The third-order valence-electron chi connectivity index (χ3n) is 2.31. The molecule has 0 aromatic carbocycles. The minimum atomic E-state index is -1.66. The first-order valence-electron chi connectivity index (χ1n) is 5.69. The number of nitro groups is 1. The first kappa shape index (κ1) is 15.6. The number of carbonyl (C=O) groups is 2. The third-order valence-corrected chi connectivity index (χ3v) is 2.31. The molecule has 1 aromatic heterocycles. The molecule has 0 saturated heterocycles. The van der Waals surface area contributed by atoms with Crippen LogP contribution in [-0.4, -0.2) is 50.1 Å². The van der Waals surface area contributed by atoms with Gasteiger partial charge in [-0.25, -0.2) is 14.3 Å². The standard InChI is InChI=1S/C10H13N3O7/c1-2-4-20-5-3-12-8(10(16)17)7(13(18)19)6(11-12)9(14)15/h2-5H2,1H3,(H,14,15)(H,16,17). The zero-order chi connectivity index (χ0) is 15.3. The Morgan fingerprint density at radius 2 is 2.00 bits per heavy atom. The lowest BCUT2D eigenvalue weighted by Crippen LogP contribution is -2.15. The van der Waals surface area contributed by atoms with E-state index < -0.39 is 33.9 Å². The number of nitrogens with zero attached hydrogens (tertiary/aromatic N) is 3. The number of hydrogen-bond acceptors (Lipinski definition) is 6. The molecule has 0 atom stereocenters. The van der Waals surface area contributed by atoms with Gasteiger partial charge in [0.1, 0.15) is 0 Å². The van der Waals surface area contributed by atoms with Crippen molar-refractivity contribution >= 4 is 17.6 Å². The fourth-order valence-corrected chi connectivity index (χ4v) is 1.54. The Hall–Kier alpha value is -2.49. The second kappa shape index (κ2) is 6.61. The number of carboxylic acids is 2. The molecule has 0 amide bonds. The second-order valence-corrected chi connectivity index (χ2v) is 3.75. The summed E-state index contributed by atoms with van der Waals surface area (Å²) in [5.41, 5.74) is -2.70. The molecule has 0 bridgehead atoms. The molecule has 10 heteroatoms. The predicted molar refractivity (Wildman–Crippen MR) is 63.9 cm³/mol. The van der Waals surface area contributed by atoms with Gasteiger partial charge in [0.15, 0.2) is 0 Å². The summed E-state index contributed by atoms with van der Waals surface area (Å²) >= 11 is 0. The van der Waals surface area contributed by atoms with Crippen molar-refractivity contribution < 1.29 is 29.5 Å². The number of aromatic carboxylic acids is 2. The molecule has 0 aliphatic carbocycles. The molecule has 0 aliphatic rings. The first-order chi connectivity index (χ1) is 9.40. The molecule has 0 spiro atoms. The van der Waals surface area contributed by atoms with Crippen molar-refractivity contribution in [2.24, 2.45) is 0 Å². The molecule has 0 fully saturated rings. The maximum Gasteiger partial charge on any atom is 0.363 e. The number of carboxylic acid groups (broad SMARTS) is 2. The van der Waals surface area contributed by atoms with Crippen molar-refractivity contribution in [1.82, 2.24) is 9.78 Å². The van der Waals surface area contributed by atoms with Crippen LogP contribution < -0.4 is 0 Å². The van der Waals surface area contributed by atoms with E-state index in [-0.39, 0.29) is 13.2 Å². The van der Waals surface area contributed by atoms with Crippen molar-refractivity contribution in [2.45, 2.75) is 19.9 Å². The van der Waals surface area contributed by atoms with Crippen LogP contribution in [0.3, 0.4) is 0 Å². The molecule has 0 unspecified atom stereocenters. The summed E-state index contributed by atoms with van der Waals surface area (Å²) in [6.45, 7) is 2.31. The van der Waals surface area contributed by atoms with Gasteiger partial charge in [-0.1, -0.05) is 6.92 Å². The molecule has 1 heterocycles. The number of aromatic nitrogens is 2. The quantitative estimate of drug-likeness (QED) is 0.402. The van der Waals surface area contributed by atoms with Crippen LogP contribution in [0.15, 0.2) is 0 Å². The van der Waals surface area contributed by atoms with Crippen LogP contribution in [0.1, 0.15) is 34.3 Å². The third kappa shape index (κ3) is 3.29. The monoisotopic (exact) mass is 287 g/mol. The lowest BCUT2D eigenvalue weighted by atomic mass is 10.3. The molecule has 2 N–H and O–H groups in total. The minimum Gasteiger partial charge on any atom is -0.476 e. The van der Waals surface area contributed by atoms with Crippen LogP contribution in [0.2, 0.25) is 0 Å². The Morgan fingerprint density at radius 1 is 1.35 bits per heavy atom. The van der Waals surface area contributed by atoms with Gasteiger partial charge in [-0.3, -0.25) is 10.1 Å². The van der Waals surface area contributed by atoms with Crippen molar-refractivity contribution in [3.63, 3.8) is 0 Å². The Bertz CT molecular complexity index is 537. The van der Waals surface area contributed by atoms with E-state index >= 15 is 0 Å². The SMILES string of the molecule is CCCOCCn1nc(C(=O)O)c([N+](=O)[O-])c1C(=O)O. The van der Waals surface area contributed by atoms with Gasteiger partial charge in [0.2, 0.25) is 11.4 Å². The summed E-state index contributed by atoms with van der Waals surface area (Å²) in [4.78, 5) is 31.7. The van der Waals surface area contributed by atoms with Gasteiger partial charge in [0, 0.05) is 6.61 Å². The predicted octanol–water partition coefficient (Wildman–Crippen LogP) is 0.614. The molecule has 0 radical (unpaired) electrons. The first-order valence-corrected chi connectivity index (χ1v) is 5.69. The van der Waals surface area contributed by atoms with E-state index in [1.165, 1.54) is 0 Å². The maximum atomic E-state index is 11.1. The lowest BCUT2D eigenvalue weighted by molar-refractivity contribution is -0.385. The minimum absolute atomic E-state index is 0.0754. The average Bonchev–Trinajstić information content (AvgIpc) is 2.74. The Morgan fingerprint density at radius 3 is 2.45 bits per heavy atom. The zero-order valence-corrected chi connectivity index (χ0v) is 10.6. The van der Waals surface area contributed by atoms with Gasteiger partial charge < -0.3 is 14.9 Å². The van der Waals surface area contributed by atoms with Crippen LogP contribution in [0, 0.1) is 10.1 Å². The van der Waals surface area contributed by atoms with E-state index in [0.717, 1.165) is 11.1 Å². The summed E-state index contributed by atoms with van der Waals surface area (Å²) in [6, 6.07) is 0. The Labute approximate surface area is 112 Å². The summed E-state index contributed by atoms with van der Waals surface area (Å²) < 4.78 is 5.88. The highest BCUT2D eigenvalue weighted by Crippen LogP contribution is 2.23. The fourth-order valence-electron chi connectivity index (χ4n) is 1.54. The van der Waals surface area contributed by atoms with Crippen molar-refractivity contribution in [2.75, 3.05) is 13.2 Å². The van der Waals surface area contributed by atoms with Gasteiger partial charge in [0.05, 0.1) is 18.1 Å². The van der Waals surface area contributed by atoms with Crippen molar-refractivity contribution in [3.05, 3.63) is 21.5 Å². The molecule has 10 nitrogen and oxygen atoms in total. The average molecular weight is 287 g/mol. The largest absolute Gasteiger partial charge is 0.476 e. The van der Waals surface area contributed by atoms with Gasteiger partial charge in [-0.2, -0.15) is 5.10 Å². The van der Waals surface area contributed by atoms with Crippen LogP contribution in [0.5, 0.6) is 0 Å². The van der Waals surface area contributed by atoms with Crippen molar-refractivity contribution in [1.29, 1.82) is 0 Å². The number of ether oxygens (including phenoxy) is 1. The number of rotatable bonds is 8. The highest BCUT2D eigenvalue weighted by atomic mass is 16.6. The topological polar surface area (TPSA) is 145 Å². The summed E-state index contributed by atoms with van der Waals surface area (Å²) in [5, 5.41) is 32.1. The molecule has 110 valence electrons. The molecule has 20 heavy (non-hydrogen) atoms. The van der Waals surface area contributed by atoms with E-state index in [0.29, 0.717) is 6.61 Å². The molecule has 1 aromatic rings. The van der Waals surface area contributed by atoms with E-state index in [1.54, 1.807) is 0 Å². The van der Waals surface area contributed by atoms with Crippen LogP contribution in [-0.2, 0) is 11.3 Å². The maximum absolute atomic E-state index is 11.1. The molecular formula is C10H13N3O7. The van der Waals surface area contributed by atoms with Gasteiger partial charge in [0.25, 0.3) is 0 Å². The second-order valence-electron chi connectivity index (χ2n) is 3.75. The van der Waals surface area contributed by atoms with E-state index in [2.05, 4.69) is 5.10 Å². The van der Waals surface area contributed by atoms with E-state index in [9.17, 15) is 19.7 Å². The Balaban J connectivity index is 3.16. The van der Waals surface area contributed by atoms with Crippen LogP contribution in [0.4, 0.5) is 5.69 Å². The van der Waals surface area contributed by atoms with Gasteiger partial charge >= 0.3 is 17.6 Å². The van der Waals surface area contributed by atoms with E-state index in [1.807, 2.05) is 6.92 Å². The molecule has 1 rings (SSSR count). The fraction of sp³-hybridized carbons (Fsp3) is 0.500. The number of hydrogen-bond donors (Lipinski definition) is 2. The normalized spacial score (nSPS) is 10.4. The van der Waals surface area contributed by atoms with Crippen LogP contribution >= 0.6 is 0 Å². The molecular weight excluding hydrogens is 274 g/mol. The lowest BCUT2D eigenvalue weighted by Gasteiger charge is -2.04. The summed E-state index contributed by atoms with van der Waals surface area (Å²) in [7, 11) is 0. The van der Waals surface area contributed by atoms with Gasteiger partial charge in [-0.05, 0) is 6.42 Å². The van der Waals surface area contributed by atoms with Gasteiger partial charge in [-0.15, -0.1) is 0 Å². The smallest absolute Gasteiger partial charge is 0.363 e. The van der Waals surface area contributed by atoms with E-state index in [4.69, 9.17) is 14.9 Å². The highest BCUT2D eigenvalue weighted by molar-refractivity contribution is 5.98. The summed E-state index contributed by atoms with van der Waals surface area (Å²) in [5.74, 6) is -3.28. The van der Waals surface area contributed by atoms with Crippen LogP contribution in [0.25, 0.3) is 0 Å². The van der Waals surface area contributed by atoms with Crippen molar-refractivity contribution in [3.8, 4) is 0 Å². The molecule has 0 saturated carbocycles. The molecule has 0 aliphatic heterocycles. The zero-order valence-electron chi connectivity index (χ0n) is 10.6. The highest BCUT2D eigenvalue weighted by Gasteiger charge is 2.35. The summed E-state index contributed by atoms with van der Waals surface area (Å²) in [6.07, 6.45) is 0.755. The Kier molecular flexibility index (Phi) is 5.15.